The van der Waals surface area contributed by atoms with Gasteiger partial charge in [0, 0.05) is 27.5 Å². The predicted molar refractivity (Wildman–Crippen MR) is 177 cm³/mol. The van der Waals surface area contributed by atoms with E-state index in [0.717, 1.165) is 21.5 Å². The van der Waals surface area contributed by atoms with Gasteiger partial charge in [-0.3, -0.25) is 14.4 Å². The normalized spacial score (nSPS) is 12.4. The maximum Gasteiger partial charge on any atom is 0.229 e. The fourth-order valence-corrected chi connectivity index (χ4v) is 10.8. The molecule has 0 radical (unpaired) electrons. The Kier molecular flexibility index (Phi) is 6.93. The van der Waals surface area contributed by atoms with Crippen molar-refractivity contribution in [2.45, 2.75) is 6.92 Å². The summed E-state index contributed by atoms with van der Waals surface area (Å²) in [7, 11) is 0. The Morgan fingerprint density at radius 2 is 1.00 bits per heavy atom. The lowest BCUT2D eigenvalue weighted by Crippen LogP contribution is -2.35. The van der Waals surface area contributed by atoms with Gasteiger partial charge in [0.1, 0.15) is 0 Å². The first-order valence-corrected chi connectivity index (χ1v) is 16.2. The summed E-state index contributed by atoms with van der Waals surface area (Å²) in [6.07, 6.45) is 1.50. The number of hydrogen-bond acceptors (Lipinski definition) is 4. The van der Waals surface area contributed by atoms with Crippen molar-refractivity contribution in [3.05, 3.63) is 185 Å². The van der Waals surface area contributed by atoms with E-state index in [1.54, 1.807) is 48.5 Å². The fourth-order valence-electron chi connectivity index (χ4n) is 6.28. The molecule has 0 N–H and O–H groups in total. The molecule has 0 unspecified atom stereocenters. The summed E-state index contributed by atoms with van der Waals surface area (Å²) in [4.78, 5) is 42.6. The number of furan rings is 1. The molecule has 0 saturated carbocycles. The minimum absolute atomic E-state index is 0.195. The first-order valence-electron chi connectivity index (χ1n) is 14.4. The van der Waals surface area contributed by atoms with E-state index in [2.05, 4.69) is 36.4 Å². The van der Waals surface area contributed by atoms with Crippen LogP contribution in [0.4, 0.5) is 0 Å². The molecule has 1 aromatic heterocycles. The Labute approximate surface area is 255 Å². The molecule has 44 heavy (non-hydrogen) atoms. The zero-order valence-electron chi connectivity index (χ0n) is 23.9. The molecule has 0 fully saturated rings. The van der Waals surface area contributed by atoms with Gasteiger partial charge in [0.2, 0.25) is 5.78 Å². The van der Waals surface area contributed by atoms with E-state index in [1.807, 2.05) is 61.5 Å². The summed E-state index contributed by atoms with van der Waals surface area (Å²) in [5.41, 5.74) is 2.76. The number of hydrogen-bond donors (Lipinski definition) is 0. The van der Waals surface area contributed by atoms with Gasteiger partial charge in [-0.15, -0.1) is 0 Å². The molecule has 0 spiro atoms. The summed E-state index contributed by atoms with van der Waals surface area (Å²) < 4.78 is 5.76. The maximum absolute atomic E-state index is 15.0. The van der Waals surface area contributed by atoms with Crippen molar-refractivity contribution in [1.29, 1.82) is 0 Å². The third-order valence-corrected chi connectivity index (χ3v) is 12.6. The topological polar surface area (TPSA) is 64.3 Å². The number of carbonyl (C=O) groups excluding carboxylic acids is 3. The summed E-state index contributed by atoms with van der Waals surface area (Å²) >= 11 is 0. The van der Waals surface area contributed by atoms with E-state index in [9.17, 15) is 14.4 Å². The highest BCUT2D eigenvalue weighted by Gasteiger charge is 2.38. The monoisotopic (exact) mass is 590 g/mol. The Morgan fingerprint density at radius 1 is 0.545 bits per heavy atom. The van der Waals surface area contributed by atoms with E-state index in [0.29, 0.717) is 33.1 Å². The van der Waals surface area contributed by atoms with Crippen LogP contribution in [0, 0.1) is 6.92 Å². The summed E-state index contributed by atoms with van der Waals surface area (Å²) in [5, 5.41) is 3.49. The van der Waals surface area contributed by atoms with Gasteiger partial charge in [0.25, 0.3) is 0 Å². The van der Waals surface area contributed by atoms with Crippen LogP contribution < -0.4 is 15.9 Å². The fraction of sp³-hybridized carbons (Fsp3) is 0.0256. The average molecular weight is 591 g/mol. The molecule has 1 heterocycles. The van der Waals surface area contributed by atoms with E-state index < -0.39 is 6.89 Å². The molecule has 0 amide bonds. The molecule has 0 bridgehead atoms. The molecule has 5 aromatic carbocycles. The van der Waals surface area contributed by atoms with Gasteiger partial charge in [-0.2, -0.15) is 0 Å². The van der Waals surface area contributed by atoms with E-state index in [4.69, 9.17) is 4.42 Å². The van der Waals surface area contributed by atoms with Crippen LogP contribution in [-0.2, 0) is 0 Å². The third kappa shape index (κ3) is 4.26. The number of rotatable bonds is 6. The number of Topliss-reactive ketones (excluding diaryl/α,β-unsaturated/α-hetero) is 1. The van der Waals surface area contributed by atoms with Crippen molar-refractivity contribution in [3.8, 4) is 0 Å². The molecule has 1 aliphatic rings. The smallest absolute Gasteiger partial charge is 0.229 e. The second-order valence-electron chi connectivity index (χ2n) is 10.7. The van der Waals surface area contributed by atoms with E-state index in [-0.39, 0.29) is 23.1 Å². The first kappa shape index (κ1) is 27.5. The Hall–Kier alpha value is -5.31. The summed E-state index contributed by atoms with van der Waals surface area (Å²) in [6, 6.07) is 44.1. The molecule has 0 atom stereocenters. The summed E-state index contributed by atoms with van der Waals surface area (Å²) in [5.74, 6) is -0.488. The molecule has 0 saturated heterocycles. The van der Waals surface area contributed by atoms with Gasteiger partial charge in [0.15, 0.2) is 17.3 Å². The zero-order chi connectivity index (χ0) is 30.3. The van der Waals surface area contributed by atoms with E-state index in [1.165, 1.54) is 6.26 Å². The zero-order valence-corrected chi connectivity index (χ0v) is 24.8. The van der Waals surface area contributed by atoms with Crippen LogP contribution in [0.15, 0.2) is 150 Å². The number of fused-ring (bicyclic) bond motifs is 2. The Bertz CT molecular complexity index is 2010. The third-order valence-electron chi connectivity index (χ3n) is 8.25. The van der Waals surface area contributed by atoms with Gasteiger partial charge < -0.3 is 4.42 Å². The predicted octanol–water partition coefficient (Wildman–Crippen LogP) is 6.76. The van der Waals surface area contributed by atoms with Crippen molar-refractivity contribution in [2.75, 3.05) is 0 Å². The number of benzene rings is 5. The maximum atomic E-state index is 15.0. The van der Waals surface area contributed by atoms with Crippen LogP contribution in [0.5, 0.6) is 0 Å². The molecule has 7 rings (SSSR count). The molecule has 1 aliphatic carbocycles. The lowest BCUT2D eigenvalue weighted by atomic mass is 9.81. The van der Waals surface area contributed by atoms with Gasteiger partial charge in [-0.05, 0) is 65.1 Å². The highest BCUT2D eigenvalue weighted by molar-refractivity contribution is 7.97. The second-order valence-corrected chi connectivity index (χ2v) is 14.1. The van der Waals surface area contributed by atoms with Crippen LogP contribution in [-0.4, -0.2) is 22.6 Å². The largest absolute Gasteiger partial charge is 0.461 e. The van der Waals surface area contributed by atoms with Gasteiger partial charge in [-0.25, -0.2) is 0 Å². The second kappa shape index (κ2) is 11.1. The molecule has 5 heteroatoms. The highest BCUT2D eigenvalue weighted by atomic mass is 31.2. The number of aryl methyl sites for hydroxylation is 1. The molecule has 6 aromatic rings. The van der Waals surface area contributed by atoms with Gasteiger partial charge in [-0.1, -0.05) is 115 Å². The molecule has 212 valence electrons. The van der Waals surface area contributed by atoms with Crippen molar-refractivity contribution < 1.29 is 18.8 Å². The Balaban J connectivity index is 1.69. The van der Waals surface area contributed by atoms with Crippen molar-refractivity contribution in [2.24, 2.45) is 0 Å². The van der Waals surface area contributed by atoms with Crippen molar-refractivity contribution >= 4 is 45.4 Å². The van der Waals surface area contributed by atoms with E-state index >= 15 is 0 Å². The molecular weight excluding hydrogens is 563 g/mol. The quantitative estimate of drug-likeness (QED) is 0.159. The lowest BCUT2D eigenvalue weighted by molar-refractivity contribution is 0.0979. The van der Waals surface area contributed by atoms with Crippen molar-refractivity contribution in [1.82, 2.24) is 0 Å². The average Bonchev–Trinajstić information content (AvgIpc) is 3.63. The lowest BCUT2D eigenvalue weighted by Gasteiger charge is -2.33. The van der Waals surface area contributed by atoms with Crippen LogP contribution >= 0.6 is 6.89 Å². The minimum atomic E-state index is -2.94. The highest BCUT2D eigenvalue weighted by Crippen LogP contribution is 2.49. The first-order chi connectivity index (χ1) is 21.5. The number of carbonyl (C=O) groups is 3. The SMILES string of the molecule is Cc1cc2c(cc1C(C(=O)c1ccco1)=P(c1ccccc1)(c1ccccc1)c1ccccc1)C(=O)c1ccccc1C2=O. The van der Waals surface area contributed by atoms with Crippen LogP contribution in [0.3, 0.4) is 0 Å². The van der Waals surface area contributed by atoms with Crippen LogP contribution in [0.1, 0.15) is 53.5 Å². The van der Waals surface area contributed by atoms with Crippen LogP contribution in [0.25, 0.3) is 0 Å². The molecule has 4 nitrogen and oxygen atoms in total. The van der Waals surface area contributed by atoms with Gasteiger partial charge in [0.05, 0.1) is 6.26 Å². The van der Waals surface area contributed by atoms with Crippen molar-refractivity contribution in [3.63, 3.8) is 0 Å². The van der Waals surface area contributed by atoms with Crippen LogP contribution in [0.2, 0.25) is 0 Å². The standard InChI is InChI=1S/C39H27O4P/c1-26-24-33-34(37(41)31-21-12-11-20-30(31)36(33)40)25-32(26)39(38(42)35-22-13-23-43-35)44(27-14-5-2-6-15-27,28-16-7-3-8-17-28)29-18-9-4-10-19-29/h2-25H,1H3. The minimum Gasteiger partial charge on any atom is -0.461 e. The summed E-state index contributed by atoms with van der Waals surface area (Å²) in [6.45, 7) is -1.03. The molecule has 0 aliphatic heterocycles. The van der Waals surface area contributed by atoms with Gasteiger partial charge >= 0.3 is 0 Å². The number of ketones is 3. The Morgan fingerprint density at radius 3 is 1.45 bits per heavy atom. The molecular formula is C39H27O4P.